The van der Waals surface area contributed by atoms with Crippen molar-refractivity contribution in [3.05, 3.63) is 81.3 Å². The molecule has 0 saturated carbocycles. The van der Waals surface area contributed by atoms with Gasteiger partial charge in [-0.15, -0.1) is 11.3 Å². The molecule has 4 nitrogen and oxygen atoms in total. The number of amides is 1. The zero-order valence-corrected chi connectivity index (χ0v) is 18.0. The third kappa shape index (κ3) is 4.21. The minimum absolute atomic E-state index is 0.191. The van der Waals surface area contributed by atoms with Crippen molar-refractivity contribution in [3.63, 3.8) is 0 Å². The molecule has 29 heavy (non-hydrogen) atoms. The molecule has 1 aromatic heterocycles. The predicted octanol–water partition coefficient (Wildman–Crippen LogP) is 6.04. The fourth-order valence-corrected chi connectivity index (χ4v) is 4.58. The first kappa shape index (κ1) is 19.7. The Morgan fingerprint density at radius 3 is 2.66 bits per heavy atom. The van der Waals surface area contributed by atoms with Crippen LogP contribution in [0.25, 0.3) is 5.57 Å². The van der Waals surface area contributed by atoms with Crippen LogP contribution in [0.1, 0.15) is 34.8 Å². The summed E-state index contributed by atoms with van der Waals surface area (Å²) in [6.07, 6.45) is 2.88. The van der Waals surface area contributed by atoms with E-state index in [-0.39, 0.29) is 5.91 Å². The summed E-state index contributed by atoms with van der Waals surface area (Å²) >= 11 is 7.88. The van der Waals surface area contributed by atoms with Crippen LogP contribution in [-0.2, 0) is 0 Å². The van der Waals surface area contributed by atoms with Crippen LogP contribution in [0.2, 0.25) is 5.02 Å². The molecular formula is C23H22ClN3OS. The number of carbonyl (C=O) groups excluding carboxylic acids is 1. The van der Waals surface area contributed by atoms with Gasteiger partial charge in [-0.3, -0.25) is 4.79 Å². The molecule has 1 N–H and O–H groups in total. The Balaban J connectivity index is 1.51. The second kappa shape index (κ2) is 8.39. The van der Waals surface area contributed by atoms with Gasteiger partial charge in [0.05, 0.1) is 10.6 Å². The molecule has 2 aromatic carbocycles. The normalized spacial score (nSPS) is 14.2. The minimum atomic E-state index is -0.191. The third-order valence-electron chi connectivity index (χ3n) is 5.25. The van der Waals surface area contributed by atoms with E-state index in [1.807, 2.05) is 42.8 Å². The van der Waals surface area contributed by atoms with E-state index in [2.05, 4.69) is 34.3 Å². The van der Waals surface area contributed by atoms with Crippen LogP contribution in [0.15, 0.2) is 59.6 Å². The van der Waals surface area contributed by atoms with Crippen LogP contribution in [-0.4, -0.2) is 24.0 Å². The van der Waals surface area contributed by atoms with E-state index in [4.69, 9.17) is 11.6 Å². The van der Waals surface area contributed by atoms with E-state index in [1.54, 1.807) is 17.4 Å². The van der Waals surface area contributed by atoms with E-state index in [0.29, 0.717) is 10.6 Å². The van der Waals surface area contributed by atoms with Crippen LogP contribution in [0.4, 0.5) is 10.8 Å². The number of benzene rings is 2. The Kier molecular flexibility index (Phi) is 5.69. The highest BCUT2D eigenvalue weighted by atomic mass is 35.5. The van der Waals surface area contributed by atoms with Crippen LogP contribution in [0, 0.1) is 6.92 Å². The highest BCUT2D eigenvalue weighted by Gasteiger charge is 2.20. The molecule has 4 rings (SSSR count). The molecule has 1 amide bonds. The van der Waals surface area contributed by atoms with Crippen LogP contribution >= 0.6 is 22.9 Å². The van der Waals surface area contributed by atoms with Gasteiger partial charge in [-0.1, -0.05) is 41.4 Å². The van der Waals surface area contributed by atoms with Gasteiger partial charge in [-0.25, -0.2) is 4.98 Å². The summed E-state index contributed by atoms with van der Waals surface area (Å²) in [7, 11) is 0. The standard InChI is InChI=1S/C23H22ClN3OS/c1-15-10-12-27(23-25-11-13-29-23)14-19(15)17-6-8-18(9-7-17)26-22(28)21-16(2)4-3-5-20(21)24/h3-9,11,13H,10,12,14H2,1-2H3,(H,26,28). The fourth-order valence-electron chi connectivity index (χ4n) is 3.60. The van der Waals surface area contributed by atoms with Crippen molar-refractivity contribution < 1.29 is 4.79 Å². The largest absolute Gasteiger partial charge is 0.343 e. The zero-order chi connectivity index (χ0) is 20.4. The number of thiazole rings is 1. The molecule has 3 aromatic rings. The number of anilines is 2. The number of hydrogen-bond donors (Lipinski definition) is 1. The summed E-state index contributed by atoms with van der Waals surface area (Å²) in [6, 6.07) is 13.5. The van der Waals surface area contributed by atoms with Crippen LogP contribution in [0.3, 0.4) is 0 Å². The SMILES string of the molecule is CC1=C(c2ccc(NC(=O)c3c(C)cccc3Cl)cc2)CN(c2nccs2)CC1. The molecule has 2 heterocycles. The number of nitrogens with one attached hydrogen (secondary N) is 1. The first-order valence-corrected chi connectivity index (χ1v) is 10.8. The number of halogens is 1. The Hall–Kier alpha value is -2.63. The molecule has 0 fully saturated rings. The van der Waals surface area contributed by atoms with Gasteiger partial charge >= 0.3 is 0 Å². The Morgan fingerprint density at radius 2 is 1.97 bits per heavy atom. The second-order valence-corrected chi connectivity index (χ2v) is 8.49. The average molecular weight is 424 g/mol. The molecule has 1 aliphatic heterocycles. The molecule has 1 aliphatic rings. The maximum atomic E-state index is 12.7. The average Bonchev–Trinajstić information content (AvgIpc) is 3.24. The molecule has 0 aliphatic carbocycles. The van der Waals surface area contributed by atoms with Crippen molar-refractivity contribution in [2.24, 2.45) is 0 Å². The summed E-state index contributed by atoms with van der Waals surface area (Å²) in [5.74, 6) is -0.191. The van der Waals surface area contributed by atoms with E-state index in [9.17, 15) is 4.79 Å². The van der Waals surface area contributed by atoms with Crippen molar-refractivity contribution >= 4 is 45.2 Å². The highest BCUT2D eigenvalue weighted by Crippen LogP contribution is 2.31. The first-order chi connectivity index (χ1) is 14.0. The summed E-state index contributed by atoms with van der Waals surface area (Å²) in [6.45, 7) is 5.93. The molecule has 0 saturated heterocycles. The van der Waals surface area contributed by atoms with Gasteiger partial charge in [-0.2, -0.15) is 0 Å². The van der Waals surface area contributed by atoms with E-state index in [1.165, 1.54) is 16.7 Å². The molecule has 0 spiro atoms. The van der Waals surface area contributed by atoms with Crippen LogP contribution in [0.5, 0.6) is 0 Å². The number of rotatable bonds is 4. The molecule has 0 atom stereocenters. The number of nitrogens with zero attached hydrogens (tertiary/aromatic N) is 2. The molecule has 6 heteroatoms. The van der Waals surface area contributed by atoms with Gasteiger partial charge in [0.25, 0.3) is 5.91 Å². The number of aromatic nitrogens is 1. The lowest BCUT2D eigenvalue weighted by Crippen LogP contribution is -2.30. The molecule has 148 valence electrons. The molecule has 0 radical (unpaired) electrons. The number of hydrogen-bond acceptors (Lipinski definition) is 4. The van der Waals surface area contributed by atoms with Gasteiger partial charge in [0.15, 0.2) is 5.13 Å². The fraction of sp³-hybridized carbons (Fsp3) is 0.217. The third-order valence-corrected chi connectivity index (χ3v) is 6.40. The van der Waals surface area contributed by atoms with Crippen molar-refractivity contribution in [1.29, 1.82) is 0 Å². The lowest BCUT2D eigenvalue weighted by Gasteiger charge is -2.30. The highest BCUT2D eigenvalue weighted by molar-refractivity contribution is 7.13. The van der Waals surface area contributed by atoms with Gasteiger partial charge in [0.2, 0.25) is 0 Å². The Bertz CT molecular complexity index is 1040. The van der Waals surface area contributed by atoms with Crippen molar-refractivity contribution in [2.75, 3.05) is 23.3 Å². The quantitative estimate of drug-likeness (QED) is 0.556. The summed E-state index contributed by atoms with van der Waals surface area (Å²) < 4.78 is 0. The van der Waals surface area contributed by atoms with Crippen molar-refractivity contribution in [3.8, 4) is 0 Å². The first-order valence-electron chi connectivity index (χ1n) is 9.53. The Morgan fingerprint density at radius 1 is 1.17 bits per heavy atom. The van der Waals surface area contributed by atoms with E-state index in [0.717, 1.165) is 35.9 Å². The predicted molar refractivity (Wildman–Crippen MR) is 122 cm³/mol. The maximum Gasteiger partial charge on any atom is 0.257 e. The van der Waals surface area contributed by atoms with Crippen molar-refractivity contribution in [1.82, 2.24) is 4.98 Å². The van der Waals surface area contributed by atoms with Gasteiger partial charge in [-0.05, 0) is 55.2 Å². The molecule has 0 unspecified atom stereocenters. The van der Waals surface area contributed by atoms with Gasteiger partial charge < -0.3 is 10.2 Å². The van der Waals surface area contributed by atoms with Crippen LogP contribution < -0.4 is 10.2 Å². The molecular weight excluding hydrogens is 402 g/mol. The summed E-state index contributed by atoms with van der Waals surface area (Å²) in [5, 5.41) is 6.49. The lowest BCUT2D eigenvalue weighted by atomic mass is 9.95. The maximum absolute atomic E-state index is 12.7. The second-order valence-electron chi connectivity index (χ2n) is 7.21. The summed E-state index contributed by atoms with van der Waals surface area (Å²) in [4.78, 5) is 19.4. The number of carbonyl (C=O) groups is 1. The summed E-state index contributed by atoms with van der Waals surface area (Å²) in [5.41, 5.74) is 6.03. The minimum Gasteiger partial charge on any atom is -0.343 e. The Labute approximate surface area is 179 Å². The number of aryl methyl sites for hydroxylation is 1. The van der Waals surface area contributed by atoms with E-state index < -0.39 is 0 Å². The smallest absolute Gasteiger partial charge is 0.257 e. The zero-order valence-electron chi connectivity index (χ0n) is 16.4. The van der Waals surface area contributed by atoms with Gasteiger partial charge in [0, 0.05) is 30.4 Å². The monoisotopic (exact) mass is 423 g/mol. The van der Waals surface area contributed by atoms with E-state index >= 15 is 0 Å². The van der Waals surface area contributed by atoms with Gasteiger partial charge in [0.1, 0.15) is 0 Å². The van der Waals surface area contributed by atoms with Crippen molar-refractivity contribution in [2.45, 2.75) is 20.3 Å². The topological polar surface area (TPSA) is 45.2 Å². The molecule has 0 bridgehead atoms. The lowest BCUT2D eigenvalue weighted by molar-refractivity contribution is 0.102.